The third kappa shape index (κ3) is 2.17. The number of carbonyl (C=O) groups is 1. The molecule has 0 bridgehead atoms. The highest BCUT2D eigenvalue weighted by Crippen LogP contribution is 2.43. The molecular weight excluding hydrogens is 311 g/mol. The summed E-state index contributed by atoms with van der Waals surface area (Å²) in [5.41, 5.74) is -0.0186. The third-order valence-corrected chi connectivity index (χ3v) is 3.84. The van der Waals surface area contributed by atoms with Gasteiger partial charge in [-0.3, -0.25) is 4.79 Å². The first-order valence-electron chi connectivity index (χ1n) is 7.18. The number of phenols is 4. The van der Waals surface area contributed by atoms with E-state index in [-0.39, 0.29) is 39.1 Å². The Morgan fingerprint density at radius 2 is 1.67 bits per heavy atom. The number of furan rings is 1. The quantitative estimate of drug-likeness (QED) is 0.332. The summed E-state index contributed by atoms with van der Waals surface area (Å²) in [5.74, 6) is -2.40. The molecule has 3 aromatic rings. The van der Waals surface area contributed by atoms with Crippen molar-refractivity contribution in [2.75, 3.05) is 0 Å². The summed E-state index contributed by atoms with van der Waals surface area (Å²) in [5, 5.41) is 39.0. The number of hydrogen-bond donors (Lipinski definition) is 4. The predicted octanol–water partition coefficient (Wildman–Crippen LogP) is 1.84. The Bertz CT molecular complexity index is 956. The van der Waals surface area contributed by atoms with Crippen molar-refractivity contribution in [2.45, 2.75) is 13.3 Å². The molecule has 6 nitrogen and oxygen atoms in total. The van der Waals surface area contributed by atoms with E-state index in [0.717, 1.165) is 0 Å². The van der Waals surface area contributed by atoms with Crippen LogP contribution < -0.4 is 5.46 Å². The minimum absolute atomic E-state index is 0.00831. The first kappa shape index (κ1) is 15.8. The van der Waals surface area contributed by atoms with Crippen LogP contribution in [0.3, 0.4) is 0 Å². The van der Waals surface area contributed by atoms with Gasteiger partial charge in [-0.15, -0.1) is 0 Å². The highest BCUT2D eigenvalue weighted by Gasteiger charge is 2.28. The van der Waals surface area contributed by atoms with E-state index in [1.54, 1.807) is 6.92 Å². The number of aromatic hydroxyl groups is 4. The van der Waals surface area contributed by atoms with E-state index in [1.165, 1.54) is 24.3 Å². The Labute approximate surface area is 138 Å². The molecule has 0 atom stereocenters. The lowest BCUT2D eigenvalue weighted by Gasteiger charge is -2.07. The zero-order chi connectivity index (χ0) is 17.6. The minimum Gasteiger partial charge on any atom is -0.508 e. The van der Waals surface area contributed by atoms with E-state index < -0.39 is 23.0 Å². The molecule has 7 heteroatoms. The summed E-state index contributed by atoms with van der Waals surface area (Å²) in [6.07, 6.45) is 0.328. The molecule has 0 saturated heterocycles. The van der Waals surface area contributed by atoms with Gasteiger partial charge in [-0.2, -0.15) is 0 Å². The van der Waals surface area contributed by atoms with Gasteiger partial charge in [-0.05, 0) is 29.7 Å². The number of phenolic OH excluding ortho intramolecular Hbond substituents is 4. The van der Waals surface area contributed by atoms with Gasteiger partial charge < -0.3 is 24.8 Å². The Hall–Kier alpha value is -3.09. The van der Waals surface area contributed by atoms with Crippen molar-refractivity contribution >= 4 is 30.1 Å². The van der Waals surface area contributed by atoms with Crippen LogP contribution in [0.4, 0.5) is 0 Å². The van der Waals surface area contributed by atoms with Crippen LogP contribution in [-0.2, 0) is 6.42 Å². The van der Waals surface area contributed by atoms with Gasteiger partial charge in [0.05, 0.1) is 10.9 Å². The largest absolute Gasteiger partial charge is 0.508 e. The smallest absolute Gasteiger partial charge is 0.200 e. The molecule has 3 rings (SSSR count). The number of rotatable bonds is 3. The molecule has 4 N–H and O–H groups in total. The average Bonchev–Trinajstić information content (AvgIpc) is 2.97. The number of ketones is 1. The van der Waals surface area contributed by atoms with Crippen LogP contribution in [0.5, 0.6) is 23.0 Å². The molecule has 2 radical (unpaired) electrons. The van der Waals surface area contributed by atoms with Crippen molar-refractivity contribution in [3.8, 4) is 23.0 Å². The SMILES string of the molecule is [B]c1c(O)c(O)c(O)c2c(C(=O)c3ccc(O)cc3)c(CC)oc12. The fourth-order valence-corrected chi connectivity index (χ4v) is 2.61. The molecule has 24 heavy (non-hydrogen) atoms. The van der Waals surface area contributed by atoms with Crippen molar-refractivity contribution in [2.24, 2.45) is 0 Å². The fraction of sp³-hybridized carbons (Fsp3) is 0.118. The lowest BCUT2D eigenvalue weighted by atomic mass is 9.90. The third-order valence-electron chi connectivity index (χ3n) is 3.84. The molecule has 0 unspecified atom stereocenters. The molecular formula is C17H13BO6. The molecule has 1 heterocycles. The number of benzene rings is 2. The number of hydrogen-bond acceptors (Lipinski definition) is 6. The summed E-state index contributed by atoms with van der Waals surface area (Å²) >= 11 is 0. The molecule has 0 aliphatic rings. The zero-order valence-corrected chi connectivity index (χ0v) is 12.7. The molecule has 0 spiro atoms. The Kier molecular flexibility index (Phi) is 3.64. The van der Waals surface area contributed by atoms with Gasteiger partial charge in [0, 0.05) is 12.0 Å². The van der Waals surface area contributed by atoms with E-state index in [1.807, 2.05) is 0 Å². The summed E-state index contributed by atoms with van der Waals surface area (Å²) in [6.45, 7) is 1.75. The van der Waals surface area contributed by atoms with Crippen LogP contribution in [0.25, 0.3) is 11.0 Å². The first-order chi connectivity index (χ1) is 11.4. The monoisotopic (exact) mass is 324 g/mol. The second-order valence-electron chi connectivity index (χ2n) is 5.29. The van der Waals surface area contributed by atoms with Crippen LogP contribution in [-0.4, -0.2) is 34.1 Å². The maximum atomic E-state index is 12.8. The highest BCUT2D eigenvalue weighted by molar-refractivity contribution is 6.41. The van der Waals surface area contributed by atoms with Gasteiger partial charge >= 0.3 is 0 Å². The lowest BCUT2D eigenvalue weighted by molar-refractivity contribution is 0.103. The van der Waals surface area contributed by atoms with Gasteiger partial charge in [0.15, 0.2) is 17.3 Å². The van der Waals surface area contributed by atoms with Crippen LogP contribution in [0.1, 0.15) is 28.6 Å². The van der Waals surface area contributed by atoms with E-state index in [0.29, 0.717) is 6.42 Å². The Morgan fingerprint density at radius 3 is 2.25 bits per heavy atom. The van der Waals surface area contributed by atoms with Crippen molar-refractivity contribution in [3.63, 3.8) is 0 Å². The number of aryl methyl sites for hydroxylation is 1. The van der Waals surface area contributed by atoms with Crippen LogP contribution >= 0.6 is 0 Å². The van der Waals surface area contributed by atoms with Gasteiger partial charge in [0.1, 0.15) is 24.9 Å². The first-order valence-corrected chi connectivity index (χ1v) is 7.18. The molecule has 2 aromatic carbocycles. The van der Waals surface area contributed by atoms with Crippen molar-refractivity contribution in [1.29, 1.82) is 0 Å². The summed E-state index contributed by atoms with van der Waals surface area (Å²) in [7, 11) is 5.72. The second kappa shape index (κ2) is 5.52. The second-order valence-corrected chi connectivity index (χ2v) is 5.29. The molecule has 0 fully saturated rings. The maximum Gasteiger partial charge on any atom is 0.200 e. The maximum absolute atomic E-state index is 12.8. The average molecular weight is 324 g/mol. The van der Waals surface area contributed by atoms with Crippen LogP contribution in [0.15, 0.2) is 28.7 Å². The molecule has 120 valence electrons. The highest BCUT2D eigenvalue weighted by atomic mass is 16.4. The minimum atomic E-state index is -0.816. The van der Waals surface area contributed by atoms with E-state index in [4.69, 9.17) is 12.3 Å². The van der Waals surface area contributed by atoms with E-state index in [9.17, 15) is 25.2 Å². The van der Waals surface area contributed by atoms with Gasteiger partial charge in [-0.1, -0.05) is 6.92 Å². The molecule has 0 saturated carbocycles. The van der Waals surface area contributed by atoms with Gasteiger partial charge in [-0.25, -0.2) is 0 Å². The molecule has 0 amide bonds. The summed E-state index contributed by atoms with van der Waals surface area (Å²) in [6, 6.07) is 5.57. The topological polar surface area (TPSA) is 111 Å². The molecule has 0 aliphatic heterocycles. The van der Waals surface area contributed by atoms with Crippen molar-refractivity contribution in [1.82, 2.24) is 0 Å². The van der Waals surface area contributed by atoms with Gasteiger partial charge in [0.2, 0.25) is 5.75 Å². The van der Waals surface area contributed by atoms with E-state index in [2.05, 4.69) is 0 Å². The Balaban J connectivity index is 2.34. The van der Waals surface area contributed by atoms with Crippen molar-refractivity contribution < 1.29 is 29.6 Å². The Morgan fingerprint density at radius 1 is 1.04 bits per heavy atom. The van der Waals surface area contributed by atoms with Gasteiger partial charge in [0.25, 0.3) is 0 Å². The number of carbonyl (C=O) groups excluding carboxylic acids is 1. The molecule has 1 aromatic heterocycles. The fourth-order valence-electron chi connectivity index (χ4n) is 2.61. The zero-order valence-electron chi connectivity index (χ0n) is 12.7. The molecule has 0 aliphatic carbocycles. The lowest BCUT2D eigenvalue weighted by Crippen LogP contribution is -2.06. The van der Waals surface area contributed by atoms with Crippen LogP contribution in [0.2, 0.25) is 0 Å². The van der Waals surface area contributed by atoms with E-state index >= 15 is 0 Å². The van der Waals surface area contributed by atoms with Crippen molar-refractivity contribution in [3.05, 3.63) is 41.2 Å². The standard InChI is InChI=1S/C17H13BO6/c1-2-9-10(13(20)7-3-5-8(19)6-4-7)11-14(21)16(23)15(22)12(18)17(11)24-9/h3-6,19,21-23H,2H2,1H3. The predicted molar refractivity (Wildman–Crippen MR) is 87.5 cm³/mol. The van der Waals surface area contributed by atoms with Crippen LogP contribution in [0, 0.1) is 0 Å². The summed E-state index contributed by atoms with van der Waals surface area (Å²) in [4.78, 5) is 12.8. The summed E-state index contributed by atoms with van der Waals surface area (Å²) < 4.78 is 5.54. The number of fused-ring (bicyclic) bond motifs is 1. The normalized spacial score (nSPS) is 11.0.